The van der Waals surface area contributed by atoms with E-state index in [1.165, 1.54) is 4.90 Å². The molecule has 19 heavy (non-hydrogen) atoms. The fraction of sp³-hybridized carbons (Fsp3) is 0.923. The minimum Gasteiger partial charge on any atom is -0.300 e. The molecule has 0 spiro atoms. The van der Waals surface area contributed by atoms with E-state index in [-0.39, 0.29) is 0 Å². The van der Waals surface area contributed by atoms with Gasteiger partial charge in [0.05, 0.1) is 12.6 Å². The predicted octanol–water partition coefficient (Wildman–Crippen LogP) is 2.93. The van der Waals surface area contributed by atoms with Crippen LogP contribution in [0.25, 0.3) is 0 Å². The van der Waals surface area contributed by atoms with E-state index >= 15 is 0 Å². The Balaban J connectivity index is 4.14. The van der Waals surface area contributed by atoms with Gasteiger partial charge in [0.1, 0.15) is 5.54 Å². The Kier molecular flexibility index (Phi) is 8.03. The van der Waals surface area contributed by atoms with Crippen molar-refractivity contribution >= 4 is 0 Å². The molecule has 112 valence electrons. The van der Waals surface area contributed by atoms with Gasteiger partial charge in [-0.15, -0.1) is 0 Å². The zero-order valence-corrected chi connectivity index (χ0v) is 12.0. The Morgan fingerprint density at radius 3 is 2.32 bits per heavy atom. The number of hydrogen-bond donors (Lipinski definition) is 1. The Labute approximate surface area is 113 Å². The average molecular weight is 279 g/mol. The molecule has 0 aliphatic rings. The van der Waals surface area contributed by atoms with Crippen LogP contribution in [0.15, 0.2) is 0 Å². The topological polar surface area (TPSA) is 39.1 Å². The van der Waals surface area contributed by atoms with Gasteiger partial charge in [-0.2, -0.15) is 18.4 Å². The molecule has 1 atom stereocenters. The normalized spacial score (nSPS) is 15.3. The Bertz CT molecular complexity index is 286. The highest BCUT2D eigenvalue weighted by molar-refractivity contribution is 5.03. The zero-order chi connectivity index (χ0) is 14.9. The highest BCUT2D eigenvalue weighted by Gasteiger charge is 2.30. The average Bonchev–Trinajstić information content (AvgIpc) is 2.33. The van der Waals surface area contributed by atoms with E-state index in [0.29, 0.717) is 25.9 Å². The van der Waals surface area contributed by atoms with E-state index in [9.17, 15) is 13.2 Å². The Morgan fingerprint density at radius 1 is 1.26 bits per heavy atom. The van der Waals surface area contributed by atoms with E-state index in [1.54, 1.807) is 13.8 Å². The van der Waals surface area contributed by atoms with Crippen molar-refractivity contribution in [1.29, 1.82) is 5.26 Å². The molecule has 1 unspecified atom stereocenters. The molecule has 0 rings (SSSR count). The second-order valence-electron chi connectivity index (χ2n) is 4.96. The molecule has 0 amide bonds. The molecule has 0 aliphatic carbocycles. The summed E-state index contributed by atoms with van der Waals surface area (Å²) in [5.74, 6) is 0. The van der Waals surface area contributed by atoms with Crippen LogP contribution in [0, 0.1) is 11.3 Å². The molecule has 0 saturated heterocycles. The molecule has 3 nitrogen and oxygen atoms in total. The number of nitrogens with one attached hydrogen (secondary N) is 1. The van der Waals surface area contributed by atoms with Gasteiger partial charge >= 0.3 is 6.18 Å². The van der Waals surface area contributed by atoms with Crippen molar-refractivity contribution in [3.05, 3.63) is 0 Å². The molecule has 0 saturated carbocycles. The summed E-state index contributed by atoms with van der Waals surface area (Å²) < 4.78 is 36.8. The van der Waals surface area contributed by atoms with Crippen LogP contribution < -0.4 is 5.32 Å². The van der Waals surface area contributed by atoms with Crippen LogP contribution in [0.4, 0.5) is 13.2 Å². The molecule has 0 radical (unpaired) electrons. The third kappa shape index (κ3) is 8.84. The first-order valence-corrected chi connectivity index (χ1v) is 6.71. The molecular weight excluding hydrogens is 255 g/mol. The van der Waals surface area contributed by atoms with Crippen LogP contribution in [0.2, 0.25) is 0 Å². The molecule has 0 fully saturated rings. The van der Waals surface area contributed by atoms with Crippen molar-refractivity contribution in [3.8, 4) is 6.07 Å². The highest BCUT2D eigenvalue weighted by Crippen LogP contribution is 2.18. The molecule has 0 aromatic heterocycles. The van der Waals surface area contributed by atoms with Crippen molar-refractivity contribution in [2.75, 3.05) is 26.2 Å². The van der Waals surface area contributed by atoms with E-state index in [4.69, 9.17) is 5.26 Å². The van der Waals surface area contributed by atoms with Crippen LogP contribution in [-0.2, 0) is 0 Å². The first-order valence-electron chi connectivity index (χ1n) is 6.71. The standard InChI is InChI=1S/C13H24F3N3/c1-4-8-18-12(3,10-17)7-6-9-19(5-2)11-13(14,15)16/h18H,4-9,11H2,1-3H3. The van der Waals surface area contributed by atoms with Gasteiger partial charge in [-0.3, -0.25) is 10.2 Å². The number of nitrogens with zero attached hydrogens (tertiary/aromatic N) is 2. The van der Waals surface area contributed by atoms with Crippen molar-refractivity contribution < 1.29 is 13.2 Å². The van der Waals surface area contributed by atoms with Crippen LogP contribution in [0.3, 0.4) is 0 Å². The van der Waals surface area contributed by atoms with Gasteiger partial charge in [-0.25, -0.2) is 0 Å². The van der Waals surface area contributed by atoms with Gasteiger partial charge < -0.3 is 0 Å². The second-order valence-corrected chi connectivity index (χ2v) is 4.96. The smallest absolute Gasteiger partial charge is 0.300 e. The molecular formula is C13H24F3N3. The van der Waals surface area contributed by atoms with Gasteiger partial charge in [0.15, 0.2) is 0 Å². The van der Waals surface area contributed by atoms with E-state index < -0.39 is 18.3 Å². The molecule has 1 N–H and O–H groups in total. The van der Waals surface area contributed by atoms with Crippen LogP contribution in [-0.4, -0.2) is 42.8 Å². The maximum Gasteiger partial charge on any atom is 0.401 e. The maximum absolute atomic E-state index is 12.3. The van der Waals surface area contributed by atoms with Crippen LogP contribution >= 0.6 is 0 Å². The van der Waals surface area contributed by atoms with Crippen molar-refractivity contribution in [1.82, 2.24) is 10.2 Å². The van der Waals surface area contributed by atoms with Crippen molar-refractivity contribution in [2.24, 2.45) is 0 Å². The predicted molar refractivity (Wildman–Crippen MR) is 69.7 cm³/mol. The summed E-state index contributed by atoms with van der Waals surface area (Å²) in [6, 6.07) is 2.20. The summed E-state index contributed by atoms with van der Waals surface area (Å²) in [6.07, 6.45) is -2.11. The summed E-state index contributed by atoms with van der Waals surface area (Å²) in [4.78, 5) is 1.36. The summed E-state index contributed by atoms with van der Waals surface area (Å²) in [5.41, 5.74) is -0.645. The SMILES string of the molecule is CCCNC(C)(C#N)CCCN(CC)CC(F)(F)F. The lowest BCUT2D eigenvalue weighted by Crippen LogP contribution is -2.42. The van der Waals surface area contributed by atoms with Crippen molar-refractivity contribution in [2.45, 2.75) is 51.7 Å². The summed E-state index contributed by atoms with van der Waals surface area (Å²) in [5, 5.41) is 12.2. The van der Waals surface area contributed by atoms with E-state index in [2.05, 4.69) is 11.4 Å². The Hall–Kier alpha value is -0.800. The minimum absolute atomic E-state index is 0.362. The molecule has 0 aliphatic heterocycles. The monoisotopic (exact) mass is 279 g/mol. The lowest BCUT2D eigenvalue weighted by molar-refractivity contribution is -0.145. The molecule has 0 aromatic rings. The number of hydrogen-bond acceptors (Lipinski definition) is 3. The summed E-state index contributed by atoms with van der Waals surface area (Å²) in [7, 11) is 0. The zero-order valence-electron chi connectivity index (χ0n) is 12.0. The lowest BCUT2D eigenvalue weighted by Gasteiger charge is -2.26. The first-order chi connectivity index (χ1) is 8.76. The fourth-order valence-corrected chi connectivity index (χ4v) is 1.84. The van der Waals surface area contributed by atoms with Crippen molar-refractivity contribution in [3.63, 3.8) is 0 Å². The first kappa shape index (κ1) is 18.2. The summed E-state index contributed by atoms with van der Waals surface area (Å²) >= 11 is 0. The van der Waals surface area contributed by atoms with Gasteiger partial charge in [0.25, 0.3) is 0 Å². The fourth-order valence-electron chi connectivity index (χ4n) is 1.84. The highest BCUT2D eigenvalue weighted by atomic mass is 19.4. The number of halogens is 3. The third-order valence-corrected chi connectivity index (χ3v) is 3.01. The molecule has 0 aromatic carbocycles. The van der Waals surface area contributed by atoms with E-state index in [1.807, 2.05) is 6.92 Å². The van der Waals surface area contributed by atoms with Gasteiger partial charge in [0, 0.05) is 0 Å². The molecule has 0 bridgehead atoms. The second kappa shape index (κ2) is 8.39. The minimum atomic E-state index is -4.16. The molecule has 0 heterocycles. The summed E-state index contributed by atoms with van der Waals surface area (Å²) in [6.45, 7) is 6.10. The van der Waals surface area contributed by atoms with E-state index in [0.717, 1.165) is 13.0 Å². The number of alkyl halides is 3. The third-order valence-electron chi connectivity index (χ3n) is 3.01. The number of nitriles is 1. The van der Waals surface area contributed by atoms with Gasteiger partial charge in [0.2, 0.25) is 0 Å². The van der Waals surface area contributed by atoms with Crippen LogP contribution in [0.1, 0.15) is 40.0 Å². The maximum atomic E-state index is 12.3. The van der Waals surface area contributed by atoms with Gasteiger partial charge in [-0.1, -0.05) is 13.8 Å². The lowest BCUT2D eigenvalue weighted by atomic mass is 9.97. The largest absolute Gasteiger partial charge is 0.401 e. The Morgan fingerprint density at radius 2 is 1.89 bits per heavy atom. The van der Waals surface area contributed by atoms with Crippen LogP contribution in [0.5, 0.6) is 0 Å². The number of rotatable bonds is 9. The quantitative estimate of drug-likeness (QED) is 0.705. The van der Waals surface area contributed by atoms with Gasteiger partial charge in [-0.05, 0) is 45.8 Å². The molecule has 6 heteroatoms.